The lowest BCUT2D eigenvalue weighted by molar-refractivity contribution is 0.652. The fourth-order valence-corrected chi connectivity index (χ4v) is 10.1. The zero-order valence-electron chi connectivity index (χ0n) is 35.7. The largest absolute Gasteiger partial charge is 0.310 e. The molecule has 2 nitrogen and oxygen atoms in total. The minimum atomic E-state index is -0.196. The molecule has 0 spiro atoms. The summed E-state index contributed by atoms with van der Waals surface area (Å²) >= 11 is 0. The van der Waals surface area contributed by atoms with Gasteiger partial charge in [0.25, 0.3) is 0 Å². The summed E-state index contributed by atoms with van der Waals surface area (Å²) in [4.78, 5) is 4.78. The van der Waals surface area contributed by atoms with Gasteiger partial charge in [0, 0.05) is 45.0 Å². The number of anilines is 6. The van der Waals surface area contributed by atoms with Crippen LogP contribution in [0.15, 0.2) is 218 Å². The molecule has 62 heavy (non-hydrogen) atoms. The van der Waals surface area contributed by atoms with Crippen molar-refractivity contribution in [2.24, 2.45) is 0 Å². The van der Waals surface area contributed by atoms with Gasteiger partial charge in [-0.3, -0.25) is 0 Å². The van der Waals surface area contributed by atoms with Crippen molar-refractivity contribution in [1.82, 2.24) is 0 Å². The zero-order valence-corrected chi connectivity index (χ0v) is 35.7. The Balaban J connectivity index is 0.965. The van der Waals surface area contributed by atoms with Crippen LogP contribution in [0.1, 0.15) is 49.9 Å². The van der Waals surface area contributed by atoms with E-state index in [1.54, 1.807) is 0 Å². The van der Waals surface area contributed by atoms with Gasteiger partial charge >= 0.3 is 0 Å². The fraction of sp³-hybridized carbons (Fsp3) is 0.100. The highest BCUT2D eigenvalue weighted by atomic mass is 15.1. The topological polar surface area (TPSA) is 6.48 Å². The van der Waals surface area contributed by atoms with E-state index in [1.807, 2.05) is 0 Å². The first-order valence-corrected chi connectivity index (χ1v) is 21.8. The van der Waals surface area contributed by atoms with Crippen LogP contribution in [0.3, 0.4) is 0 Å². The Hall–Kier alpha value is -7.42. The van der Waals surface area contributed by atoms with E-state index in [-0.39, 0.29) is 10.8 Å². The smallest absolute Gasteiger partial charge is 0.0465 e. The van der Waals surface area contributed by atoms with Gasteiger partial charge in [-0.15, -0.1) is 0 Å². The van der Waals surface area contributed by atoms with Crippen molar-refractivity contribution in [3.8, 4) is 44.5 Å². The average molecular weight is 797 g/mol. The number of hydrogen-bond acceptors (Lipinski definition) is 2. The quantitative estimate of drug-likeness (QED) is 0.151. The molecule has 0 amide bonds. The van der Waals surface area contributed by atoms with Gasteiger partial charge in [0.05, 0.1) is 0 Å². The van der Waals surface area contributed by atoms with Crippen LogP contribution in [0, 0.1) is 0 Å². The number of benzene rings is 9. The lowest BCUT2D eigenvalue weighted by Gasteiger charge is -2.28. The number of fused-ring (bicyclic) bond motifs is 6. The van der Waals surface area contributed by atoms with E-state index in [9.17, 15) is 0 Å². The molecule has 2 aliphatic carbocycles. The maximum Gasteiger partial charge on any atom is 0.0465 e. The van der Waals surface area contributed by atoms with Crippen LogP contribution >= 0.6 is 0 Å². The third-order valence-electron chi connectivity index (χ3n) is 13.4. The van der Waals surface area contributed by atoms with E-state index >= 15 is 0 Å². The average Bonchev–Trinajstić information content (AvgIpc) is 3.68. The normalized spacial score (nSPS) is 13.7. The number of nitrogens with zero attached hydrogens (tertiary/aromatic N) is 2. The Labute approximate surface area is 366 Å². The molecule has 0 aromatic heterocycles. The number of rotatable bonds is 8. The van der Waals surface area contributed by atoms with Gasteiger partial charge in [0.2, 0.25) is 0 Å². The highest BCUT2D eigenvalue weighted by molar-refractivity contribution is 5.92. The summed E-state index contributed by atoms with van der Waals surface area (Å²) < 4.78 is 0. The highest BCUT2D eigenvalue weighted by Gasteiger charge is 2.42. The van der Waals surface area contributed by atoms with Gasteiger partial charge in [-0.1, -0.05) is 161 Å². The molecule has 0 saturated heterocycles. The van der Waals surface area contributed by atoms with Crippen LogP contribution in [0.2, 0.25) is 0 Å². The first-order valence-electron chi connectivity index (χ1n) is 21.8. The molecule has 2 aliphatic rings. The zero-order chi connectivity index (χ0) is 42.0. The molecule has 0 unspecified atom stereocenters. The molecule has 298 valence electrons. The van der Waals surface area contributed by atoms with Gasteiger partial charge in [-0.25, -0.2) is 0 Å². The Morgan fingerprint density at radius 2 is 0.516 bits per heavy atom. The molecule has 9 aromatic rings. The fourth-order valence-electron chi connectivity index (χ4n) is 10.1. The van der Waals surface area contributed by atoms with E-state index in [1.165, 1.54) is 66.8 Å². The van der Waals surface area contributed by atoms with Crippen LogP contribution in [0.5, 0.6) is 0 Å². The predicted octanol–water partition coefficient (Wildman–Crippen LogP) is 16.6. The highest BCUT2D eigenvalue weighted by Crippen LogP contribution is 2.57. The molecule has 0 N–H and O–H groups in total. The number of para-hydroxylation sites is 2. The summed E-state index contributed by atoms with van der Waals surface area (Å²) in [5.41, 5.74) is 22.2. The van der Waals surface area contributed by atoms with E-state index in [0.29, 0.717) is 0 Å². The van der Waals surface area contributed by atoms with Crippen molar-refractivity contribution in [3.05, 3.63) is 241 Å². The number of hydrogen-bond donors (Lipinski definition) is 0. The summed E-state index contributed by atoms with van der Waals surface area (Å²) in [6.07, 6.45) is 0. The Morgan fingerprint density at radius 1 is 0.242 bits per heavy atom. The van der Waals surface area contributed by atoms with Gasteiger partial charge in [0.15, 0.2) is 0 Å². The van der Waals surface area contributed by atoms with E-state index in [4.69, 9.17) is 0 Å². The molecular weight excluding hydrogens is 749 g/mol. The second-order valence-electron chi connectivity index (χ2n) is 17.8. The van der Waals surface area contributed by atoms with Crippen molar-refractivity contribution < 1.29 is 0 Å². The summed E-state index contributed by atoms with van der Waals surface area (Å²) in [7, 11) is 0. The minimum Gasteiger partial charge on any atom is -0.310 e. The maximum absolute atomic E-state index is 2.52. The molecule has 2 heteroatoms. The van der Waals surface area contributed by atoms with Crippen LogP contribution in [0.4, 0.5) is 34.1 Å². The second kappa shape index (κ2) is 14.6. The molecule has 0 atom stereocenters. The summed E-state index contributed by atoms with van der Waals surface area (Å²) in [5.74, 6) is 0. The van der Waals surface area contributed by atoms with Crippen molar-refractivity contribution in [3.63, 3.8) is 0 Å². The van der Waals surface area contributed by atoms with Crippen LogP contribution in [-0.4, -0.2) is 0 Å². The Kier molecular flexibility index (Phi) is 8.87. The first kappa shape index (κ1) is 37.6. The van der Waals surface area contributed by atoms with Crippen molar-refractivity contribution in [1.29, 1.82) is 0 Å². The third kappa shape index (κ3) is 6.17. The second-order valence-corrected chi connectivity index (χ2v) is 17.8. The minimum absolute atomic E-state index is 0.196. The van der Waals surface area contributed by atoms with Crippen molar-refractivity contribution in [2.75, 3.05) is 9.80 Å². The first-order chi connectivity index (χ1) is 30.3. The van der Waals surface area contributed by atoms with Gasteiger partial charge < -0.3 is 9.80 Å². The molecule has 0 heterocycles. The lowest BCUT2D eigenvalue weighted by Crippen LogP contribution is -2.18. The summed E-state index contributed by atoms with van der Waals surface area (Å²) in [5, 5.41) is 0. The molecule has 0 saturated carbocycles. The Morgan fingerprint density at radius 3 is 0.871 bits per heavy atom. The van der Waals surface area contributed by atoms with Crippen molar-refractivity contribution in [2.45, 2.75) is 38.5 Å². The predicted molar refractivity (Wildman–Crippen MR) is 262 cm³/mol. The molecule has 0 aliphatic heterocycles. The molecule has 0 bridgehead atoms. The molecule has 11 rings (SSSR count). The molecular formula is C60H48N2. The molecule has 9 aromatic carbocycles. The third-order valence-corrected chi connectivity index (χ3v) is 13.4. The summed E-state index contributed by atoms with van der Waals surface area (Å²) in [6.45, 7) is 9.61. The molecule has 0 radical (unpaired) electrons. The summed E-state index contributed by atoms with van der Waals surface area (Å²) in [6, 6.07) is 79.9. The monoisotopic (exact) mass is 796 g/mol. The van der Waals surface area contributed by atoms with Gasteiger partial charge in [-0.05, 0) is 152 Å². The van der Waals surface area contributed by atoms with Crippen molar-refractivity contribution >= 4 is 34.1 Å². The Bertz CT molecular complexity index is 2860. The van der Waals surface area contributed by atoms with Gasteiger partial charge in [-0.2, -0.15) is 0 Å². The van der Waals surface area contributed by atoms with E-state index in [0.717, 1.165) is 34.1 Å². The van der Waals surface area contributed by atoms with E-state index < -0.39 is 0 Å². The van der Waals surface area contributed by atoms with Crippen LogP contribution in [0.25, 0.3) is 44.5 Å². The lowest BCUT2D eigenvalue weighted by atomic mass is 9.79. The standard InChI is InChI=1S/C60H48N2/c1-59(2)55-37-49(61(45-21-13-7-14-22-45)47-29-25-43(26-30-47)41-17-9-5-10-18-41)33-35-51(55)53-40-58-54(39-57(53)59)52-36-34-50(38-56(52)60(58,3)4)62(46-23-15-8-16-24-46)48-31-27-44(28-32-48)42-19-11-6-12-20-42/h5-40H,1-4H3. The van der Waals surface area contributed by atoms with Crippen LogP contribution < -0.4 is 9.80 Å². The van der Waals surface area contributed by atoms with Gasteiger partial charge in [0.1, 0.15) is 0 Å². The maximum atomic E-state index is 2.52. The van der Waals surface area contributed by atoms with E-state index in [2.05, 4.69) is 256 Å². The molecule has 0 fully saturated rings. The SMILES string of the molecule is CC1(C)c2cc(N(c3ccccc3)c3ccc(-c4ccccc4)cc3)ccc2-c2cc3c(cc21)-c1ccc(N(c2ccccc2)c2ccc(-c4ccccc4)cc2)cc1C3(C)C. The van der Waals surface area contributed by atoms with Crippen LogP contribution in [-0.2, 0) is 10.8 Å².